The molecule has 0 radical (unpaired) electrons. The van der Waals surface area contributed by atoms with Crippen molar-refractivity contribution in [3.63, 3.8) is 0 Å². The summed E-state index contributed by atoms with van der Waals surface area (Å²) in [6.45, 7) is 2.35. The van der Waals surface area contributed by atoms with Gasteiger partial charge in [0.05, 0.1) is 6.61 Å². The van der Waals surface area contributed by atoms with Crippen LogP contribution >= 0.6 is 0 Å². The smallest absolute Gasteiger partial charge is 0.303 e. The summed E-state index contributed by atoms with van der Waals surface area (Å²) in [5.74, 6) is -1.17. The molecule has 1 aliphatic heterocycles. The third-order valence-corrected chi connectivity index (χ3v) is 3.52. The van der Waals surface area contributed by atoms with Crippen LogP contribution in [0.4, 0.5) is 0 Å². The van der Waals surface area contributed by atoms with Crippen LogP contribution in [0.25, 0.3) is 0 Å². The molecule has 0 amide bonds. The third-order valence-electron chi connectivity index (χ3n) is 3.52. The molecule has 0 aromatic rings. The molecule has 1 saturated carbocycles. The highest BCUT2D eigenvalue weighted by molar-refractivity contribution is 5.67. The first kappa shape index (κ1) is 14.2. The summed E-state index contributed by atoms with van der Waals surface area (Å²) < 4.78 is 21.1. The van der Waals surface area contributed by atoms with Gasteiger partial charge < -0.3 is 24.1 Å². The van der Waals surface area contributed by atoms with Gasteiger partial charge in [-0.1, -0.05) is 0 Å². The van der Waals surface area contributed by atoms with E-state index >= 15 is 0 Å². The predicted octanol–water partition coefficient (Wildman–Crippen LogP) is -0.397. The number of ether oxygens (including phenoxy) is 4. The Labute approximate surface area is 110 Å². The summed E-state index contributed by atoms with van der Waals surface area (Å²) in [6.07, 6.45) is -1.80. The largest absolute Gasteiger partial charge is 0.458 e. The second kappa shape index (κ2) is 5.07. The highest BCUT2D eigenvalue weighted by Gasteiger charge is 2.68. The predicted molar refractivity (Wildman–Crippen MR) is 60.9 cm³/mol. The number of hydrogen-bond acceptors (Lipinski definition) is 7. The molecule has 5 atom stereocenters. The minimum absolute atomic E-state index is 0.183. The maximum absolute atomic E-state index is 11.2. The molecule has 1 heterocycles. The van der Waals surface area contributed by atoms with E-state index in [1.54, 1.807) is 0 Å². The van der Waals surface area contributed by atoms with Crippen LogP contribution in [0, 0.1) is 5.92 Å². The van der Waals surface area contributed by atoms with Crippen LogP contribution in [0.2, 0.25) is 0 Å². The van der Waals surface area contributed by atoms with Gasteiger partial charge in [-0.25, -0.2) is 0 Å². The molecule has 7 heteroatoms. The van der Waals surface area contributed by atoms with Crippen LogP contribution < -0.4 is 0 Å². The molecule has 7 nitrogen and oxygen atoms in total. The summed E-state index contributed by atoms with van der Waals surface area (Å²) in [5.41, 5.74) is -0.753. The monoisotopic (exact) mass is 274 g/mol. The van der Waals surface area contributed by atoms with Crippen molar-refractivity contribution >= 4 is 11.9 Å². The van der Waals surface area contributed by atoms with Crippen molar-refractivity contribution in [1.29, 1.82) is 0 Å². The number of aliphatic hydroxyl groups excluding tert-OH is 1. The zero-order chi connectivity index (χ0) is 14.2. The molecule has 1 aliphatic carbocycles. The SMILES string of the molecule is COC1OC2(CO)CC2C(OC(C)=O)C1OC(C)=O. The van der Waals surface area contributed by atoms with Crippen molar-refractivity contribution in [2.45, 2.75) is 44.4 Å². The average Bonchev–Trinajstić information content (AvgIpc) is 3.06. The highest BCUT2D eigenvalue weighted by atomic mass is 16.7. The lowest BCUT2D eigenvalue weighted by Gasteiger charge is -2.38. The minimum Gasteiger partial charge on any atom is -0.458 e. The summed E-state index contributed by atoms with van der Waals surface area (Å²) in [5, 5.41) is 9.40. The van der Waals surface area contributed by atoms with Crippen LogP contribution in [0.15, 0.2) is 0 Å². The van der Waals surface area contributed by atoms with E-state index in [4.69, 9.17) is 18.9 Å². The van der Waals surface area contributed by atoms with Gasteiger partial charge in [0.25, 0.3) is 0 Å². The van der Waals surface area contributed by atoms with Crippen LogP contribution in [-0.4, -0.2) is 54.9 Å². The summed E-state index contributed by atoms with van der Waals surface area (Å²) in [4.78, 5) is 22.3. The van der Waals surface area contributed by atoms with Gasteiger partial charge in [-0.3, -0.25) is 9.59 Å². The lowest BCUT2D eigenvalue weighted by Crippen LogP contribution is -2.54. The molecule has 0 bridgehead atoms. The number of fused-ring (bicyclic) bond motifs is 1. The van der Waals surface area contributed by atoms with Crippen LogP contribution in [0.5, 0.6) is 0 Å². The van der Waals surface area contributed by atoms with Crippen molar-refractivity contribution in [1.82, 2.24) is 0 Å². The van der Waals surface area contributed by atoms with E-state index in [9.17, 15) is 14.7 Å². The average molecular weight is 274 g/mol. The second-order valence-electron chi connectivity index (χ2n) is 4.90. The molecule has 19 heavy (non-hydrogen) atoms. The van der Waals surface area contributed by atoms with Crippen molar-refractivity contribution in [3.05, 3.63) is 0 Å². The molecule has 0 aromatic heterocycles. The summed E-state index contributed by atoms with van der Waals surface area (Å²) in [6, 6.07) is 0. The highest BCUT2D eigenvalue weighted by Crippen LogP contribution is 2.55. The summed E-state index contributed by atoms with van der Waals surface area (Å²) >= 11 is 0. The first-order chi connectivity index (χ1) is 8.93. The van der Waals surface area contributed by atoms with Gasteiger partial charge in [0.15, 0.2) is 12.4 Å². The number of hydrogen-bond donors (Lipinski definition) is 1. The van der Waals surface area contributed by atoms with Gasteiger partial charge >= 0.3 is 11.9 Å². The maximum Gasteiger partial charge on any atom is 0.303 e. The number of methoxy groups -OCH3 is 1. The first-order valence-electron chi connectivity index (χ1n) is 6.09. The molecule has 0 aromatic carbocycles. The van der Waals surface area contributed by atoms with Crippen molar-refractivity contribution in [3.8, 4) is 0 Å². The van der Waals surface area contributed by atoms with Gasteiger partial charge in [-0.05, 0) is 6.42 Å². The Balaban J connectivity index is 2.21. The Kier molecular flexibility index (Phi) is 3.80. The van der Waals surface area contributed by atoms with Crippen LogP contribution in [-0.2, 0) is 28.5 Å². The van der Waals surface area contributed by atoms with E-state index in [1.165, 1.54) is 21.0 Å². The Hall–Kier alpha value is -1.18. The number of carbonyl (C=O) groups is 2. The van der Waals surface area contributed by atoms with E-state index < -0.39 is 36.0 Å². The van der Waals surface area contributed by atoms with E-state index in [0.717, 1.165) is 0 Å². The molecule has 1 N–H and O–H groups in total. The number of aliphatic hydroxyl groups is 1. The van der Waals surface area contributed by atoms with E-state index in [-0.39, 0.29) is 12.5 Å². The molecule has 108 valence electrons. The Bertz CT molecular complexity index is 382. The van der Waals surface area contributed by atoms with Gasteiger partial charge in [-0.2, -0.15) is 0 Å². The van der Waals surface area contributed by atoms with E-state index in [2.05, 4.69) is 0 Å². The fourth-order valence-electron chi connectivity index (χ4n) is 2.60. The fraction of sp³-hybridized carbons (Fsp3) is 0.833. The minimum atomic E-state index is -0.862. The molecule has 1 saturated heterocycles. The maximum atomic E-state index is 11.2. The lowest BCUT2D eigenvalue weighted by molar-refractivity contribution is -0.275. The quantitative estimate of drug-likeness (QED) is 0.698. The molecule has 2 fully saturated rings. The van der Waals surface area contributed by atoms with Crippen LogP contribution in [0.1, 0.15) is 20.3 Å². The van der Waals surface area contributed by atoms with Gasteiger partial charge in [0.2, 0.25) is 0 Å². The molecule has 2 rings (SSSR count). The normalized spacial score (nSPS) is 40.2. The molecular formula is C12H18O7. The third kappa shape index (κ3) is 2.58. The standard InChI is InChI=1S/C12H18O7/c1-6(14)17-9-8-4-12(8,5-13)19-11(16-3)10(9)18-7(2)15/h8-11,13H,4-5H2,1-3H3. The molecule has 0 spiro atoms. The second-order valence-corrected chi connectivity index (χ2v) is 4.90. The number of carbonyl (C=O) groups excluding carboxylic acids is 2. The molecule has 2 aliphatic rings. The number of esters is 2. The van der Waals surface area contributed by atoms with Crippen molar-refractivity contribution < 1.29 is 33.6 Å². The zero-order valence-electron chi connectivity index (χ0n) is 11.1. The topological polar surface area (TPSA) is 91.3 Å². The fourth-order valence-corrected chi connectivity index (χ4v) is 2.60. The number of rotatable bonds is 4. The Morgan fingerprint density at radius 2 is 1.84 bits per heavy atom. The van der Waals surface area contributed by atoms with E-state index in [0.29, 0.717) is 6.42 Å². The van der Waals surface area contributed by atoms with Gasteiger partial charge in [-0.15, -0.1) is 0 Å². The van der Waals surface area contributed by atoms with Crippen molar-refractivity contribution in [2.24, 2.45) is 5.92 Å². The van der Waals surface area contributed by atoms with Gasteiger partial charge in [0.1, 0.15) is 11.7 Å². The lowest BCUT2D eigenvalue weighted by atomic mass is 10.0. The Morgan fingerprint density at radius 3 is 2.32 bits per heavy atom. The van der Waals surface area contributed by atoms with Crippen molar-refractivity contribution in [2.75, 3.05) is 13.7 Å². The van der Waals surface area contributed by atoms with E-state index in [1.807, 2.05) is 0 Å². The van der Waals surface area contributed by atoms with Gasteiger partial charge in [0, 0.05) is 26.9 Å². The Morgan fingerprint density at radius 1 is 1.26 bits per heavy atom. The van der Waals surface area contributed by atoms with Crippen LogP contribution in [0.3, 0.4) is 0 Å². The summed E-state index contributed by atoms with van der Waals surface area (Å²) in [7, 11) is 1.40. The molecule has 5 unspecified atom stereocenters. The first-order valence-corrected chi connectivity index (χ1v) is 6.09. The molecular weight excluding hydrogens is 256 g/mol. The zero-order valence-corrected chi connectivity index (χ0v) is 11.1.